The van der Waals surface area contributed by atoms with Gasteiger partial charge in [0, 0.05) is 22.8 Å². The van der Waals surface area contributed by atoms with Gasteiger partial charge in [-0.05, 0) is 44.1 Å². The van der Waals surface area contributed by atoms with Gasteiger partial charge in [0.25, 0.3) is 0 Å². The van der Waals surface area contributed by atoms with Crippen LogP contribution in [0.25, 0.3) is 0 Å². The Morgan fingerprint density at radius 2 is 1.79 bits per heavy atom. The van der Waals surface area contributed by atoms with Crippen LogP contribution < -0.4 is 0 Å². The molecule has 2 fully saturated rings. The fraction of sp³-hybridized carbons (Fsp3) is 0.588. The number of hydrogen-bond donors (Lipinski definition) is 0. The van der Waals surface area contributed by atoms with Crippen molar-refractivity contribution in [1.29, 1.82) is 0 Å². The predicted molar refractivity (Wildman–Crippen MR) is 81.5 cm³/mol. The Labute approximate surface area is 120 Å². The first-order valence-corrected chi connectivity index (χ1v) is 8.47. The minimum Gasteiger partial charge on any atom is -0.299 e. The lowest BCUT2D eigenvalue weighted by Crippen LogP contribution is -2.24. The number of carbonyl (C=O) groups is 1. The normalized spacial score (nSPS) is 29.4. The molecule has 0 N–H and O–H groups in total. The van der Waals surface area contributed by atoms with Crippen LogP contribution in [0.4, 0.5) is 0 Å². The molecule has 2 atom stereocenters. The zero-order valence-corrected chi connectivity index (χ0v) is 12.2. The summed E-state index contributed by atoms with van der Waals surface area (Å²) in [5, 5.41) is 1.59. The summed E-state index contributed by atoms with van der Waals surface area (Å²) in [5.41, 5.74) is 1.36. The molecule has 1 aromatic carbocycles. The van der Waals surface area contributed by atoms with Crippen molar-refractivity contribution >= 4 is 17.5 Å². The highest BCUT2D eigenvalue weighted by atomic mass is 32.2. The van der Waals surface area contributed by atoms with E-state index in [2.05, 4.69) is 36.0 Å². The first-order chi connectivity index (χ1) is 9.31. The molecule has 19 heavy (non-hydrogen) atoms. The Morgan fingerprint density at radius 1 is 1.11 bits per heavy atom. The number of benzene rings is 1. The monoisotopic (exact) mass is 274 g/mol. The van der Waals surface area contributed by atoms with Gasteiger partial charge in [-0.25, -0.2) is 0 Å². The molecular formula is C17H22OS. The molecule has 2 aliphatic rings. The van der Waals surface area contributed by atoms with Gasteiger partial charge in [-0.2, -0.15) is 11.8 Å². The number of ketones is 1. The third-order valence-corrected chi connectivity index (χ3v) is 6.10. The standard InChI is InChI=1S/C17H22OS/c18-17(8-4-7-13-5-2-1-3-6-13)14-11-15-9-10-16(12-14)19-15/h1-3,5-6,14-16H,4,7-12H2. The molecule has 2 bridgehead atoms. The zero-order valence-electron chi connectivity index (χ0n) is 11.4. The molecule has 1 nitrogen and oxygen atoms in total. The van der Waals surface area contributed by atoms with Crippen LogP contribution in [0.2, 0.25) is 0 Å². The molecule has 0 amide bonds. The van der Waals surface area contributed by atoms with Crippen LogP contribution in [0.1, 0.15) is 44.1 Å². The van der Waals surface area contributed by atoms with Gasteiger partial charge in [-0.1, -0.05) is 30.3 Å². The van der Waals surface area contributed by atoms with E-state index in [-0.39, 0.29) is 0 Å². The molecule has 2 saturated heterocycles. The SMILES string of the molecule is O=C(CCCc1ccccc1)C1CC2CCC(C1)S2. The molecule has 102 valence electrons. The molecule has 0 aromatic heterocycles. The molecule has 1 aromatic rings. The summed E-state index contributed by atoms with van der Waals surface area (Å²) in [6, 6.07) is 10.5. The minimum absolute atomic E-state index is 0.384. The average molecular weight is 274 g/mol. The first kappa shape index (κ1) is 13.2. The van der Waals surface area contributed by atoms with E-state index < -0.39 is 0 Å². The lowest BCUT2D eigenvalue weighted by Gasteiger charge is -2.26. The number of carbonyl (C=O) groups excluding carboxylic acids is 1. The van der Waals surface area contributed by atoms with Crippen LogP contribution >= 0.6 is 11.8 Å². The van der Waals surface area contributed by atoms with E-state index >= 15 is 0 Å². The van der Waals surface area contributed by atoms with Crippen molar-refractivity contribution in [3.05, 3.63) is 35.9 Å². The average Bonchev–Trinajstić information content (AvgIpc) is 2.78. The van der Waals surface area contributed by atoms with Gasteiger partial charge in [0.2, 0.25) is 0 Å². The highest BCUT2D eigenvalue weighted by Gasteiger charge is 2.37. The Bertz CT molecular complexity index is 416. The lowest BCUT2D eigenvalue weighted by atomic mass is 9.91. The summed E-state index contributed by atoms with van der Waals surface area (Å²) >= 11 is 2.14. The molecule has 2 heterocycles. The molecule has 0 saturated carbocycles. The number of Topliss-reactive ketones (excluding diaryl/α,β-unsaturated/α-hetero) is 1. The molecule has 0 aliphatic carbocycles. The van der Waals surface area contributed by atoms with E-state index in [0.29, 0.717) is 11.7 Å². The van der Waals surface area contributed by atoms with Crippen molar-refractivity contribution in [2.45, 2.75) is 55.4 Å². The molecule has 2 unspecified atom stereocenters. The van der Waals surface area contributed by atoms with E-state index in [4.69, 9.17) is 0 Å². The van der Waals surface area contributed by atoms with Gasteiger partial charge < -0.3 is 0 Å². The second-order valence-electron chi connectivity index (χ2n) is 5.93. The summed E-state index contributed by atoms with van der Waals surface area (Å²) in [5.74, 6) is 0.919. The lowest BCUT2D eigenvalue weighted by molar-refractivity contribution is -0.123. The largest absolute Gasteiger partial charge is 0.299 e. The van der Waals surface area contributed by atoms with Crippen molar-refractivity contribution in [2.24, 2.45) is 5.92 Å². The summed E-state index contributed by atoms with van der Waals surface area (Å²) in [6.07, 6.45) is 7.86. The number of fused-ring (bicyclic) bond motifs is 2. The Balaban J connectivity index is 1.44. The van der Waals surface area contributed by atoms with Gasteiger partial charge >= 0.3 is 0 Å². The van der Waals surface area contributed by atoms with Gasteiger partial charge in [-0.15, -0.1) is 0 Å². The molecule has 2 aliphatic heterocycles. The number of rotatable bonds is 5. The topological polar surface area (TPSA) is 17.1 Å². The van der Waals surface area contributed by atoms with Crippen LogP contribution in [0, 0.1) is 5.92 Å². The van der Waals surface area contributed by atoms with Crippen molar-refractivity contribution in [3.63, 3.8) is 0 Å². The maximum Gasteiger partial charge on any atom is 0.136 e. The second-order valence-corrected chi connectivity index (χ2v) is 7.54. The maximum atomic E-state index is 12.3. The molecular weight excluding hydrogens is 252 g/mol. The van der Waals surface area contributed by atoms with Gasteiger partial charge in [0.1, 0.15) is 5.78 Å². The highest BCUT2D eigenvalue weighted by molar-refractivity contribution is 8.00. The van der Waals surface area contributed by atoms with Crippen LogP contribution in [0.5, 0.6) is 0 Å². The molecule has 0 radical (unpaired) electrons. The number of hydrogen-bond acceptors (Lipinski definition) is 2. The van der Waals surface area contributed by atoms with Crippen LogP contribution in [0.15, 0.2) is 30.3 Å². The van der Waals surface area contributed by atoms with E-state index in [0.717, 1.165) is 42.6 Å². The zero-order chi connectivity index (χ0) is 13.1. The van der Waals surface area contributed by atoms with Gasteiger partial charge in [-0.3, -0.25) is 4.79 Å². The second kappa shape index (κ2) is 6.13. The maximum absolute atomic E-state index is 12.3. The first-order valence-electron chi connectivity index (χ1n) is 7.53. The summed E-state index contributed by atoms with van der Waals surface area (Å²) in [6.45, 7) is 0. The van der Waals surface area contributed by atoms with Crippen LogP contribution in [-0.2, 0) is 11.2 Å². The number of aryl methyl sites for hydroxylation is 1. The smallest absolute Gasteiger partial charge is 0.136 e. The van der Waals surface area contributed by atoms with Crippen molar-refractivity contribution in [1.82, 2.24) is 0 Å². The molecule has 3 rings (SSSR count). The Morgan fingerprint density at radius 3 is 2.47 bits per heavy atom. The van der Waals surface area contributed by atoms with E-state index in [1.54, 1.807) is 0 Å². The third kappa shape index (κ3) is 3.42. The van der Waals surface area contributed by atoms with Gasteiger partial charge in [0.05, 0.1) is 0 Å². The fourth-order valence-corrected chi connectivity index (χ4v) is 5.21. The summed E-state index contributed by atoms with van der Waals surface area (Å²) < 4.78 is 0. The van der Waals surface area contributed by atoms with Crippen molar-refractivity contribution in [3.8, 4) is 0 Å². The van der Waals surface area contributed by atoms with E-state index in [1.807, 2.05) is 6.07 Å². The third-order valence-electron chi connectivity index (χ3n) is 4.48. The minimum atomic E-state index is 0.384. The van der Waals surface area contributed by atoms with Crippen molar-refractivity contribution in [2.75, 3.05) is 0 Å². The highest BCUT2D eigenvalue weighted by Crippen LogP contribution is 2.46. The van der Waals surface area contributed by atoms with Crippen molar-refractivity contribution < 1.29 is 4.79 Å². The van der Waals surface area contributed by atoms with E-state index in [1.165, 1.54) is 18.4 Å². The number of thioether (sulfide) groups is 1. The summed E-state index contributed by atoms with van der Waals surface area (Å²) in [4.78, 5) is 12.3. The fourth-order valence-electron chi connectivity index (χ4n) is 3.44. The Hall–Kier alpha value is -0.760. The van der Waals surface area contributed by atoms with E-state index in [9.17, 15) is 4.79 Å². The molecule has 0 spiro atoms. The molecule has 2 heteroatoms. The predicted octanol–water partition coefficient (Wildman–Crippen LogP) is 4.25. The van der Waals surface area contributed by atoms with Crippen LogP contribution in [0.3, 0.4) is 0 Å². The van der Waals surface area contributed by atoms with Crippen LogP contribution in [-0.4, -0.2) is 16.3 Å². The summed E-state index contributed by atoms with van der Waals surface area (Å²) in [7, 11) is 0. The quantitative estimate of drug-likeness (QED) is 0.798. The van der Waals surface area contributed by atoms with Gasteiger partial charge in [0.15, 0.2) is 0 Å². The Kier molecular flexibility index (Phi) is 4.27.